The topological polar surface area (TPSA) is 72.7 Å². The van der Waals surface area contributed by atoms with Crippen LogP contribution in [0.15, 0.2) is 29.2 Å². The van der Waals surface area contributed by atoms with Gasteiger partial charge in [-0.05, 0) is 29.5 Å². The number of nitrogens with one attached hydrogen (secondary N) is 1. The highest BCUT2D eigenvalue weighted by Gasteiger charge is 2.29. The van der Waals surface area contributed by atoms with Crippen molar-refractivity contribution in [2.75, 3.05) is 19.8 Å². The maximum absolute atomic E-state index is 12.2. The first-order valence-electron chi connectivity index (χ1n) is 5.76. The summed E-state index contributed by atoms with van der Waals surface area (Å²) in [6.45, 7) is -1.16. The first kappa shape index (κ1) is 17.3. The van der Waals surface area contributed by atoms with E-state index in [0.717, 1.165) is 0 Å². The van der Waals surface area contributed by atoms with E-state index in [0.29, 0.717) is 5.56 Å². The Bertz CT molecular complexity index is 399. The third kappa shape index (κ3) is 5.29. The van der Waals surface area contributed by atoms with Crippen LogP contribution in [0.4, 0.5) is 13.2 Å². The lowest BCUT2D eigenvalue weighted by molar-refractivity contribution is -0.0328. The second-order valence-corrected chi connectivity index (χ2v) is 5.44. The van der Waals surface area contributed by atoms with Gasteiger partial charge in [0.2, 0.25) is 0 Å². The van der Waals surface area contributed by atoms with Crippen molar-refractivity contribution in [1.82, 2.24) is 5.32 Å². The highest BCUT2D eigenvalue weighted by molar-refractivity contribution is 8.00. The third-order valence-corrected chi connectivity index (χ3v) is 3.47. The smallest absolute Gasteiger partial charge is 0.394 e. The maximum Gasteiger partial charge on any atom is 0.446 e. The second-order valence-electron chi connectivity index (χ2n) is 4.30. The first-order valence-corrected chi connectivity index (χ1v) is 6.58. The van der Waals surface area contributed by atoms with Gasteiger partial charge in [-0.15, -0.1) is 0 Å². The van der Waals surface area contributed by atoms with Gasteiger partial charge in [-0.3, -0.25) is 0 Å². The molecule has 0 atom stereocenters. The van der Waals surface area contributed by atoms with Crippen LogP contribution in [0, 0.1) is 0 Å². The van der Waals surface area contributed by atoms with Crippen molar-refractivity contribution >= 4 is 11.8 Å². The highest BCUT2D eigenvalue weighted by atomic mass is 32.2. The molecule has 0 aliphatic heterocycles. The normalized spacial score (nSPS) is 12.7. The lowest BCUT2D eigenvalue weighted by atomic mass is 10.0. The Balaban J connectivity index is 2.62. The molecular formula is C12H16F3NO3S. The van der Waals surface area contributed by atoms with Crippen LogP contribution < -0.4 is 5.32 Å². The van der Waals surface area contributed by atoms with Crippen molar-refractivity contribution in [2.24, 2.45) is 0 Å². The van der Waals surface area contributed by atoms with Crippen molar-refractivity contribution in [3.63, 3.8) is 0 Å². The SMILES string of the molecule is OCC(CO)(CO)NCc1ccc(SC(F)(F)F)cc1. The van der Waals surface area contributed by atoms with Gasteiger partial charge in [0.25, 0.3) is 0 Å². The molecule has 0 radical (unpaired) electrons. The zero-order valence-electron chi connectivity index (χ0n) is 10.5. The number of halogens is 3. The van der Waals surface area contributed by atoms with E-state index in [-0.39, 0.29) is 23.2 Å². The van der Waals surface area contributed by atoms with Gasteiger partial charge in [-0.25, -0.2) is 0 Å². The molecule has 0 aliphatic rings. The number of hydrogen-bond acceptors (Lipinski definition) is 5. The molecule has 1 rings (SSSR count). The molecule has 0 aromatic heterocycles. The number of rotatable bonds is 7. The Kier molecular flexibility index (Phi) is 6.28. The lowest BCUT2D eigenvalue weighted by Crippen LogP contribution is -2.54. The number of hydrogen-bond donors (Lipinski definition) is 4. The van der Waals surface area contributed by atoms with Crippen LogP contribution in [-0.4, -0.2) is 46.2 Å². The van der Waals surface area contributed by atoms with E-state index in [1.165, 1.54) is 24.3 Å². The van der Waals surface area contributed by atoms with Gasteiger partial charge in [0.05, 0.1) is 25.4 Å². The first-order chi connectivity index (χ1) is 9.34. The molecule has 8 heteroatoms. The molecule has 0 aliphatic carbocycles. The van der Waals surface area contributed by atoms with Crippen molar-refractivity contribution in [3.05, 3.63) is 29.8 Å². The lowest BCUT2D eigenvalue weighted by Gasteiger charge is -2.28. The average Bonchev–Trinajstić information content (AvgIpc) is 2.41. The average molecular weight is 311 g/mol. The number of aliphatic hydroxyl groups excluding tert-OH is 3. The molecule has 4 N–H and O–H groups in total. The maximum atomic E-state index is 12.2. The van der Waals surface area contributed by atoms with E-state index in [9.17, 15) is 13.2 Å². The van der Waals surface area contributed by atoms with Crippen LogP contribution in [0.2, 0.25) is 0 Å². The van der Waals surface area contributed by atoms with E-state index in [2.05, 4.69) is 5.32 Å². The van der Waals surface area contributed by atoms with Crippen molar-refractivity contribution in [1.29, 1.82) is 0 Å². The number of aliphatic hydroxyl groups is 3. The van der Waals surface area contributed by atoms with Crippen LogP contribution in [0.3, 0.4) is 0 Å². The molecule has 114 valence electrons. The van der Waals surface area contributed by atoms with Crippen LogP contribution in [0.1, 0.15) is 5.56 Å². The standard InChI is InChI=1S/C12H16F3NO3S/c13-12(14,15)20-10-3-1-9(2-4-10)5-16-11(6-17,7-18)8-19/h1-4,16-19H,5-8H2. The van der Waals surface area contributed by atoms with Gasteiger partial charge >= 0.3 is 5.51 Å². The fourth-order valence-electron chi connectivity index (χ4n) is 1.42. The molecule has 20 heavy (non-hydrogen) atoms. The monoisotopic (exact) mass is 311 g/mol. The summed E-state index contributed by atoms with van der Waals surface area (Å²) in [7, 11) is 0. The van der Waals surface area contributed by atoms with Crippen molar-refractivity contribution in [2.45, 2.75) is 22.5 Å². The minimum Gasteiger partial charge on any atom is -0.394 e. The van der Waals surface area contributed by atoms with E-state index in [1.807, 2.05) is 0 Å². The predicted octanol–water partition coefficient (Wildman–Crippen LogP) is 1.10. The summed E-state index contributed by atoms with van der Waals surface area (Å²) >= 11 is -0.194. The summed E-state index contributed by atoms with van der Waals surface area (Å²) in [4.78, 5) is 0.0824. The Morgan fingerprint density at radius 2 is 1.45 bits per heavy atom. The zero-order chi connectivity index (χ0) is 15.2. The minimum atomic E-state index is -4.32. The Hall–Kier alpha value is -0.800. The molecule has 1 aromatic rings. The third-order valence-electron chi connectivity index (χ3n) is 2.73. The summed E-state index contributed by atoms with van der Waals surface area (Å²) in [5.74, 6) is 0. The van der Waals surface area contributed by atoms with E-state index in [4.69, 9.17) is 15.3 Å². The van der Waals surface area contributed by atoms with Gasteiger partial charge in [-0.2, -0.15) is 13.2 Å². The van der Waals surface area contributed by atoms with Crippen LogP contribution in [-0.2, 0) is 6.54 Å². The molecule has 0 heterocycles. The molecular weight excluding hydrogens is 295 g/mol. The largest absolute Gasteiger partial charge is 0.446 e. The van der Waals surface area contributed by atoms with Crippen molar-refractivity contribution < 1.29 is 28.5 Å². The fraction of sp³-hybridized carbons (Fsp3) is 0.500. The van der Waals surface area contributed by atoms with E-state index in [1.54, 1.807) is 0 Å². The molecule has 0 fully saturated rings. The molecule has 0 bridgehead atoms. The summed E-state index contributed by atoms with van der Waals surface area (Å²) in [5, 5.41) is 30.1. The predicted molar refractivity (Wildman–Crippen MR) is 69.2 cm³/mol. The number of benzene rings is 1. The van der Waals surface area contributed by atoms with Crippen molar-refractivity contribution in [3.8, 4) is 0 Å². The Labute approximate surface area is 118 Å². The molecule has 0 saturated heterocycles. The molecule has 0 amide bonds. The fourth-order valence-corrected chi connectivity index (χ4v) is 1.96. The summed E-state index contributed by atoms with van der Waals surface area (Å²) in [5.41, 5.74) is -4.85. The number of thioether (sulfide) groups is 1. The minimum absolute atomic E-state index is 0.0824. The summed E-state index contributed by atoms with van der Waals surface area (Å²) in [6, 6.07) is 5.71. The molecule has 0 unspecified atom stereocenters. The molecule has 0 saturated carbocycles. The molecule has 1 aromatic carbocycles. The summed E-state index contributed by atoms with van der Waals surface area (Å²) < 4.78 is 36.5. The van der Waals surface area contributed by atoms with Crippen LogP contribution in [0.5, 0.6) is 0 Å². The van der Waals surface area contributed by atoms with Gasteiger partial charge in [-0.1, -0.05) is 12.1 Å². The van der Waals surface area contributed by atoms with E-state index >= 15 is 0 Å². The number of alkyl halides is 3. The zero-order valence-corrected chi connectivity index (χ0v) is 11.3. The van der Waals surface area contributed by atoms with Gasteiger partial charge in [0.15, 0.2) is 0 Å². The van der Waals surface area contributed by atoms with Crippen LogP contribution >= 0.6 is 11.8 Å². The molecule has 4 nitrogen and oxygen atoms in total. The van der Waals surface area contributed by atoms with Gasteiger partial charge < -0.3 is 20.6 Å². The Morgan fingerprint density at radius 3 is 1.85 bits per heavy atom. The quantitative estimate of drug-likeness (QED) is 0.568. The summed E-state index contributed by atoms with van der Waals surface area (Å²) in [6.07, 6.45) is 0. The van der Waals surface area contributed by atoms with Gasteiger partial charge in [0.1, 0.15) is 0 Å². The van der Waals surface area contributed by atoms with E-state index < -0.39 is 30.9 Å². The molecule has 0 spiro atoms. The van der Waals surface area contributed by atoms with Crippen LogP contribution in [0.25, 0.3) is 0 Å². The highest BCUT2D eigenvalue weighted by Crippen LogP contribution is 2.36. The Morgan fingerprint density at radius 1 is 0.950 bits per heavy atom. The second kappa shape index (κ2) is 7.28. The van der Waals surface area contributed by atoms with Gasteiger partial charge in [0, 0.05) is 11.4 Å².